The maximum Gasteiger partial charge on any atom is 0.225 e. The molecule has 0 bridgehead atoms. The van der Waals surface area contributed by atoms with Gasteiger partial charge >= 0.3 is 0 Å². The van der Waals surface area contributed by atoms with Gasteiger partial charge in [-0.05, 0) is 17.7 Å². The van der Waals surface area contributed by atoms with Gasteiger partial charge in [0.15, 0.2) is 0 Å². The van der Waals surface area contributed by atoms with Crippen molar-refractivity contribution < 1.29 is 0 Å². The largest absolute Gasteiger partial charge is 0.353 e. The standard InChI is InChI=1S/C14H15Cl2N5/c15-9-11-8-13(19-10-12(11)16)20-4-6-21(7-5-20)14-17-2-1-3-18-14/h1-3,8,10H,4-7,9H2. The summed E-state index contributed by atoms with van der Waals surface area (Å²) in [5, 5.41) is 0.616. The molecule has 3 heterocycles. The minimum absolute atomic E-state index is 0.395. The second-order valence-corrected chi connectivity index (χ2v) is 5.46. The first-order valence-corrected chi connectivity index (χ1v) is 7.66. The molecule has 0 aliphatic carbocycles. The van der Waals surface area contributed by atoms with Gasteiger partial charge in [-0.15, -0.1) is 11.6 Å². The van der Waals surface area contributed by atoms with E-state index in [4.69, 9.17) is 23.2 Å². The first kappa shape index (κ1) is 14.4. The first-order chi connectivity index (χ1) is 10.3. The highest BCUT2D eigenvalue weighted by Crippen LogP contribution is 2.23. The molecule has 0 unspecified atom stereocenters. The van der Waals surface area contributed by atoms with Gasteiger partial charge in [0.2, 0.25) is 5.95 Å². The summed E-state index contributed by atoms with van der Waals surface area (Å²) in [5.41, 5.74) is 0.914. The molecule has 5 nitrogen and oxygen atoms in total. The zero-order chi connectivity index (χ0) is 14.7. The number of hydrogen-bond acceptors (Lipinski definition) is 5. The summed E-state index contributed by atoms with van der Waals surface area (Å²) in [4.78, 5) is 17.4. The van der Waals surface area contributed by atoms with Gasteiger partial charge in [-0.1, -0.05) is 11.6 Å². The van der Waals surface area contributed by atoms with Crippen molar-refractivity contribution in [1.29, 1.82) is 0 Å². The summed E-state index contributed by atoms with van der Waals surface area (Å²) in [6, 6.07) is 3.79. The van der Waals surface area contributed by atoms with E-state index in [0.29, 0.717) is 10.9 Å². The number of anilines is 2. The molecule has 1 aliphatic rings. The van der Waals surface area contributed by atoms with E-state index < -0.39 is 0 Å². The molecule has 7 heteroatoms. The Morgan fingerprint density at radius 2 is 1.67 bits per heavy atom. The van der Waals surface area contributed by atoms with E-state index in [1.54, 1.807) is 18.6 Å². The van der Waals surface area contributed by atoms with Crippen molar-refractivity contribution in [3.05, 3.63) is 41.3 Å². The van der Waals surface area contributed by atoms with E-state index in [9.17, 15) is 0 Å². The van der Waals surface area contributed by atoms with Gasteiger partial charge in [0.25, 0.3) is 0 Å². The van der Waals surface area contributed by atoms with E-state index in [0.717, 1.165) is 43.5 Å². The molecule has 0 saturated carbocycles. The second-order valence-electron chi connectivity index (χ2n) is 4.79. The Kier molecular flexibility index (Phi) is 4.41. The molecule has 2 aromatic rings. The summed E-state index contributed by atoms with van der Waals surface area (Å²) in [7, 11) is 0. The summed E-state index contributed by atoms with van der Waals surface area (Å²) in [5.74, 6) is 2.10. The van der Waals surface area contributed by atoms with Crippen molar-refractivity contribution in [2.75, 3.05) is 36.0 Å². The Hall–Kier alpha value is -1.59. The number of pyridine rings is 1. The number of alkyl halides is 1. The maximum absolute atomic E-state index is 6.05. The molecule has 1 saturated heterocycles. The van der Waals surface area contributed by atoms with Gasteiger partial charge in [0.05, 0.1) is 5.02 Å². The molecule has 2 aromatic heterocycles. The molecule has 21 heavy (non-hydrogen) atoms. The van der Waals surface area contributed by atoms with Crippen LogP contribution in [-0.4, -0.2) is 41.1 Å². The Morgan fingerprint density at radius 3 is 2.33 bits per heavy atom. The van der Waals surface area contributed by atoms with Crippen LogP contribution in [-0.2, 0) is 5.88 Å². The highest BCUT2D eigenvalue weighted by Gasteiger charge is 2.20. The van der Waals surface area contributed by atoms with Crippen LogP contribution in [0.3, 0.4) is 0 Å². The van der Waals surface area contributed by atoms with E-state index in [1.807, 2.05) is 12.1 Å². The minimum atomic E-state index is 0.395. The van der Waals surface area contributed by atoms with Crippen LogP contribution >= 0.6 is 23.2 Å². The van der Waals surface area contributed by atoms with Gasteiger partial charge in [-0.3, -0.25) is 0 Å². The normalized spacial score (nSPS) is 15.3. The molecule has 110 valence electrons. The van der Waals surface area contributed by atoms with Gasteiger partial charge in [-0.2, -0.15) is 0 Å². The molecule has 0 N–H and O–H groups in total. The van der Waals surface area contributed by atoms with E-state index in [1.165, 1.54) is 0 Å². The average molecular weight is 324 g/mol. The molecule has 0 amide bonds. The lowest BCUT2D eigenvalue weighted by Crippen LogP contribution is -2.47. The van der Waals surface area contributed by atoms with Crippen LogP contribution in [0.5, 0.6) is 0 Å². The number of rotatable bonds is 3. The number of nitrogens with zero attached hydrogens (tertiary/aromatic N) is 5. The third-order valence-corrected chi connectivity index (χ3v) is 4.13. The Balaban J connectivity index is 1.68. The molecule has 0 aromatic carbocycles. The van der Waals surface area contributed by atoms with Crippen LogP contribution in [0.2, 0.25) is 5.02 Å². The van der Waals surface area contributed by atoms with Gasteiger partial charge in [0, 0.05) is 50.6 Å². The van der Waals surface area contributed by atoms with Gasteiger partial charge < -0.3 is 9.80 Å². The SMILES string of the molecule is ClCc1cc(N2CCN(c3ncccn3)CC2)ncc1Cl. The highest BCUT2D eigenvalue weighted by atomic mass is 35.5. The number of aromatic nitrogens is 3. The minimum Gasteiger partial charge on any atom is -0.353 e. The summed E-state index contributed by atoms with van der Waals surface area (Å²) < 4.78 is 0. The molecule has 0 atom stereocenters. The van der Waals surface area contributed by atoms with Crippen molar-refractivity contribution in [2.45, 2.75) is 5.88 Å². The number of hydrogen-bond donors (Lipinski definition) is 0. The molecule has 0 spiro atoms. The lowest BCUT2D eigenvalue weighted by molar-refractivity contribution is 0.634. The third-order valence-electron chi connectivity index (χ3n) is 3.50. The van der Waals surface area contributed by atoms with E-state index in [2.05, 4.69) is 24.8 Å². The fourth-order valence-electron chi connectivity index (χ4n) is 2.33. The molecule has 1 aliphatic heterocycles. The monoisotopic (exact) mass is 323 g/mol. The smallest absolute Gasteiger partial charge is 0.225 e. The maximum atomic E-state index is 6.05. The molecule has 0 radical (unpaired) electrons. The summed E-state index contributed by atoms with van der Waals surface area (Å²) in [6.45, 7) is 3.47. The van der Waals surface area contributed by atoms with Crippen molar-refractivity contribution in [3.8, 4) is 0 Å². The molecule has 1 fully saturated rings. The zero-order valence-corrected chi connectivity index (χ0v) is 12.9. The topological polar surface area (TPSA) is 45.2 Å². The third kappa shape index (κ3) is 3.19. The molecule has 3 rings (SSSR count). The van der Waals surface area contributed by atoms with Crippen LogP contribution < -0.4 is 9.80 Å². The van der Waals surface area contributed by atoms with Crippen LogP contribution in [0.1, 0.15) is 5.56 Å². The van der Waals surface area contributed by atoms with E-state index >= 15 is 0 Å². The van der Waals surface area contributed by atoms with Crippen LogP contribution in [0.4, 0.5) is 11.8 Å². The number of piperazine rings is 1. The second kappa shape index (κ2) is 6.45. The Labute approximate surface area is 133 Å². The quantitative estimate of drug-likeness (QED) is 0.812. The Morgan fingerprint density at radius 1 is 1.00 bits per heavy atom. The van der Waals surface area contributed by atoms with Crippen LogP contribution in [0, 0.1) is 0 Å². The van der Waals surface area contributed by atoms with Crippen LogP contribution in [0.25, 0.3) is 0 Å². The van der Waals surface area contributed by atoms with Crippen molar-refractivity contribution in [3.63, 3.8) is 0 Å². The van der Waals surface area contributed by atoms with Crippen LogP contribution in [0.15, 0.2) is 30.7 Å². The summed E-state index contributed by atoms with van der Waals surface area (Å²) in [6.07, 6.45) is 5.20. The van der Waals surface area contributed by atoms with Gasteiger partial charge in [-0.25, -0.2) is 15.0 Å². The Bertz CT molecular complexity index is 600. The molecular weight excluding hydrogens is 309 g/mol. The lowest BCUT2D eigenvalue weighted by Gasteiger charge is -2.35. The highest BCUT2D eigenvalue weighted by molar-refractivity contribution is 6.32. The first-order valence-electron chi connectivity index (χ1n) is 6.75. The lowest BCUT2D eigenvalue weighted by atomic mass is 10.2. The van der Waals surface area contributed by atoms with Crippen molar-refractivity contribution in [1.82, 2.24) is 15.0 Å². The molecular formula is C14H15Cl2N5. The fraction of sp³-hybridized carbons (Fsp3) is 0.357. The zero-order valence-electron chi connectivity index (χ0n) is 11.4. The summed E-state index contributed by atoms with van der Waals surface area (Å²) >= 11 is 11.9. The fourth-order valence-corrected chi connectivity index (χ4v) is 2.79. The van der Waals surface area contributed by atoms with Crippen molar-refractivity contribution >= 4 is 35.0 Å². The predicted octanol–water partition coefficient (Wildman–Crippen LogP) is 2.59. The average Bonchev–Trinajstić information content (AvgIpc) is 2.56. The van der Waals surface area contributed by atoms with E-state index in [-0.39, 0.29) is 0 Å². The predicted molar refractivity (Wildman–Crippen MR) is 85.3 cm³/mol. The van der Waals surface area contributed by atoms with Gasteiger partial charge in [0.1, 0.15) is 5.82 Å². The van der Waals surface area contributed by atoms with Crippen molar-refractivity contribution in [2.24, 2.45) is 0 Å². The number of halogens is 2.